The zero-order chi connectivity index (χ0) is 14.8. The molecule has 21 heavy (non-hydrogen) atoms. The van der Waals surface area contributed by atoms with Gasteiger partial charge in [-0.3, -0.25) is 4.79 Å². The number of nitrogens with zero attached hydrogens (tertiary/aromatic N) is 3. The van der Waals surface area contributed by atoms with Crippen LogP contribution in [-0.2, 0) is 18.3 Å². The van der Waals surface area contributed by atoms with Gasteiger partial charge in [0.25, 0.3) is 11.8 Å². The summed E-state index contributed by atoms with van der Waals surface area (Å²) >= 11 is 0. The van der Waals surface area contributed by atoms with Crippen LogP contribution < -0.4 is 5.32 Å². The Morgan fingerprint density at radius 2 is 2.43 bits per heavy atom. The number of carbonyl (C=O) groups excluding carboxylic acids is 1. The van der Waals surface area contributed by atoms with Gasteiger partial charge in [-0.15, -0.1) is 0 Å². The minimum atomic E-state index is -0.142. The van der Waals surface area contributed by atoms with Crippen molar-refractivity contribution in [3.8, 4) is 0 Å². The monoisotopic (exact) mass is 290 g/mol. The second kappa shape index (κ2) is 5.69. The second-order valence-electron chi connectivity index (χ2n) is 5.16. The van der Waals surface area contributed by atoms with E-state index < -0.39 is 0 Å². The van der Waals surface area contributed by atoms with Crippen molar-refractivity contribution in [3.05, 3.63) is 35.2 Å². The highest BCUT2D eigenvalue weighted by atomic mass is 16.5. The number of hydrogen-bond donors (Lipinski definition) is 1. The van der Waals surface area contributed by atoms with E-state index in [4.69, 9.17) is 9.26 Å². The number of aryl methyl sites for hydroxylation is 1. The lowest BCUT2D eigenvalue weighted by Crippen LogP contribution is -2.24. The maximum absolute atomic E-state index is 12.1. The van der Waals surface area contributed by atoms with Gasteiger partial charge in [0, 0.05) is 25.5 Å². The van der Waals surface area contributed by atoms with Crippen LogP contribution in [0.3, 0.4) is 0 Å². The van der Waals surface area contributed by atoms with Crippen molar-refractivity contribution in [3.63, 3.8) is 0 Å². The molecule has 7 heteroatoms. The summed E-state index contributed by atoms with van der Waals surface area (Å²) in [5, 5.41) is 6.66. The molecule has 3 heterocycles. The molecule has 2 aromatic rings. The SMILES string of the molecule is Cc1c(C(=O)NCc2noc([C@H]3CCCO3)n2)ccn1C. The molecule has 3 rings (SSSR count). The van der Waals surface area contributed by atoms with Gasteiger partial charge in [0.1, 0.15) is 6.10 Å². The van der Waals surface area contributed by atoms with Crippen LogP contribution in [0.5, 0.6) is 0 Å². The summed E-state index contributed by atoms with van der Waals surface area (Å²) in [4.78, 5) is 16.3. The number of carbonyl (C=O) groups is 1. The van der Waals surface area contributed by atoms with Crippen LogP contribution in [0.15, 0.2) is 16.8 Å². The molecule has 0 unspecified atom stereocenters. The number of hydrogen-bond acceptors (Lipinski definition) is 5. The van der Waals surface area contributed by atoms with E-state index in [1.54, 1.807) is 6.07 Å². The summed E-state index contributed by atoms with van der Waals surface area (Å²) < 4.78 is 12.6. The third-order valence-corrected chi connectivity index (χ3v) is 3.72. The third-order valence-electron chi connectivity index (χ3n) is 3.72. The Bertz CT molecular complexity index is 640. The molecule has 1 atom stereocenters. The van der Waals surface area contributed by atoms with Crippen molar-refractivity contribution >= 4 is 5.91 Å². The normalized spacial score (nSPS) is 18.1. The third kappa shape index (κ3) is 2.82. The molecular formula is C14H18N4O3. The minimum absolute atomic E-state index is 0.0988. The molecule has 7 nitrogen and oxygen atoms in total. The van der Waals surface area contributed by atoms with Gasteiger partial charge in [0.05, 0.1) is 12.1 Å². The molecule has 112 valence electrons. The van der Waals surface area contributed by atoms with Crippen molar-refractivity contribution in [1.82, 2.24) is 20.0 Å². The van der Waals surface area contributed by atoms with E-state index in [-0.39, 0.29) is 18.6 Å². The van der Waals surface area contributed by atoms with Crippen LogP contribution in [0.25, 0.3) is 0 Å². The molecule has 1 fully saturated rings. The topological polar surface area (TPSA) is 82.2 Å². The molecule has 1 saturated heterocycles. The molecular weight excluding hydrogens is 272 g/mol. The van der Waals surface area contributed by atoms with E-state index in [2.05, 4.69) is 15.5 Å². The Morgan fingerprint density at radius 3 is 3.10 bits per heavy atom. The van der Waals surface area contributed by atoms with Gasteiger partial charge in [0.15, 0.2) is 5.82 Å². The number of nitrogens with one attached hydrogen (secondary N) is 1. The van der Waals surface area contributed by atoms with Gasteiger partial charge in [-0.25, -0.2) is 0 Å². The fourth-order valence-corrected chi connectivity index (χ4v) is 2.35. The van der Waals surface area contributed by atoms with Gasteiger partial charge in [0.2, 0.25) is 0 Å². The average molecular weight is 290 g/mol. The maximum Gasteiger partial charge on any atom is 0.255 e. The lowest BCUT2D eigenvalue weighted by atomic mass is 10.2. The Labute approximate surface area is 122 Å². The molecule has 0 bridgehead atoms. The molecule has 0 aliphatic carbocycles. The van der Waals surface area contributed by atoms with E-state index in [0.29, 0.717) is 17.3 Å². The van der Waals surface area contributed by atoms with Gasteiger partial charge in [-0.1, -0.05) is 5.16 Å². The summed E-state index contributed by atoms with van der Waals surface area (Å²) in [6, 6.07) is 1.79. The molecule has 0 saturated carbocycles. The summed E-state index contributed by atoms with van der Waals surface area (Å²) in [6.07, 6.45) is 3.66. The molecule has 2 aromatic heterocycles. The molecule has 0 spiro atoms. The van der Waals surface area contributed by atoms with Crippen LogP contribution in [0, 0.1) is 6.92 Å². The van der Waals surface area contributed by atoms with E-state index >= 15 is 0 Å². The molecule has 1 aliphatic heterocycles. The lowest BCUT2D eigenvalue weighted by Gasteiger charge is -2.03. The molecule has 0 aromatic carbocycles. The lowest BCUT2D eigenvalue weighted by molar-refractivity contribution is 0.0835. The highest BCUT2D eigenvalue weighted by Gasteiger charge is 2.24. The zero-order valence-electron chi connectivity index (χ0n) is 12.1. The molecule has 1 N–H and O–H groups in total. The Kier molecular flexibility index (Phi) is 3.74. The first-order valence-electron chi connectivity index (χ1n) is 6.99. The van der Waals surface area contributed by atoms with E-state index in [1.807, 2.05) is 24.7 Å². The van der Waals surface area contributed by atoms with Crippen LogP contribution in [0.4, 0.5) is 0 Å². The number of aromatic nitrogens is 3. The predicted molar refractivity (Wildman–Crippen MR) is 73.5 cm³/mol. The number of rotatable bonds is 4. The first-order valence-corrected chi connectivity index (χ1v) is 6.99. The van der Waals surface area contributed by atoms with E-state index in [9.17, 15) is 4.79 Å². The van der Waals surface area contributed by atoms with E-state index in [1.165, 1.54) is 0 Å². The quantitative estimate of drug-likeness (QED) is 0.922. The van der Waals surface area contributed by atoms with Gasteiger partial charge < -0.3 is 19.1 Å². The fraction of sp³-hybridized carbons (Fsp3) is 0.500. The fourth-order valence-electron chi connectivity index (χ4n) is 2.35. The first-order chi connectivity index (χ1) is 10.1. The maximum atomic E-state index is 12.1. The highest BCUT2D eigenvalue weighted by Crippen LogP contribution is 2.26. The van der Waals surface area contributed by atoms with E-state index in [0.717, 1.165) is 25.1 Å². The predicted octanol–water partition coefficient (Wildman–Crippen LogP) is 1.50. The van der Waals surface area contributed by atoms with Gasteiger partial charge in [-0.2, -0.15) is 4.98 Å². The van der Waals surface area contributed by atoms with Crippen LogP contribution >= 0.6 is 0 Å². The standard InChI is InChI=1S/C14H18N4O3/c1-9-10(5-6-18(9)2)13(19)15-8-12-16-14(21-17-12)11-4-3-7-20-11/h5-6,11H,3-4,7-8H2,1-2H3,(H,15,19)/t11-/m1/s1. The first kappa shape index (κ1) is 13.8. The molecule has 1 amide bonds. The Hall–Kier alpha value is -2.15. The highest BCUT2D eigenvalue weighted by molar-refractivity contribution is 5.95. The molecule has 0 radical (unpaired) electrons. The molecule has 1 aliphatic rings. The second-order valence-corrected chi connectivity index (χ2v) is 5.16. The summed E-state index contributed by atoms with van der Waals surface area (Å²) in [6.45, 7) is 2.87. The van der Waals surface area contributed by atoms with Crippen molar-refractivity contribution in [1.29, 1.82) is 0 Å². The minimum Gasteiger partial charge on any atom is -0.368 e. The van der Waals surface area contributed by atoms with Gasteiger partial charge in [-0.05, 0) is 25.8 Å². The van der Waals surface area contributed by atoms with Crippen molar-refractivity contribution in [2.24, 2.45) is 7.05 Å². The van der Waals surface area contributed by atoms with Crippen LogP contribution in [-0.4, -0.2) is 27.2 Å². The van der Waals surface area contributed by atoms with Crippen molar-refractivity contribution in [2.75, 3.05) is 6.61 Å². The van der Waals surface area contributed by atoms with Crippen molar-refractivity contribution < 1.29 is 14.1 Å². The van der Waals surface area contributed by atoms with Crippen LogP contribution in [0.1, 0.15) is 46.7 Å². The average Bonchev–Trinajstić information content (AvgIpc) is 3.19. The summed E-state index contributed by atoms with van der Waals surface area (Å²) in [5.41, 5.74) is 1.57. The Morgan fingerprint density at radius 1 is 1.57 bits per heavy atom. The largest absolute Gasteiger partial charge is 0.368 e. The Balaban J connectivity index is 1.60. The summed E-state index contributed by atoms with van der Waals surface area (Å²) in [5.74, 6) is 0.812. The zero-order valence-corrected chi connectivity index (χ0v) is 12.1. The smallest absolute Gasteiger partial charge is 0.255 e. The number of ether oxygens (including phenoxy) is 1. The van der Waals surface area contributed by atoms with Gasteiger partial charge >= 0.3 is 0 Å². The summed E-state index contributed by atoms with van der Waals surface area (Å²) in [7, 11) is 1.90. The number of amides is 1. The van der Waals surface area contributed by atoms with Crippen molar-refractivity contribution in [2.45, 2.75) is 32.4 Å². The van der Waals surface area contributed by atoms with Crippen LogP contribution in [0.2, 0.25) is 0 Å².